The average molecular weight is 281 g/mol. The molecule has 7 heteroatoms. The van der Waals surface area contributed by atoms with Crippen molar-refractivity contribution in [1.82, 2.24) is 0 Å². The van der Waals surface area contributed by atoms with E-state index in [0.29, 0.717) is 24.5 Å². The lowest BCUT2D eigenvalue weighted by Gasteiger charge is -2.35. The highest BCUT2D eigenvalue weighted by atomic mass is 16.7. The standard InChI is InChI=1S/C13H15NO6/c1-17-6-13(7-18-2)12-11(19-12)9-5-8(14(15)16)3-4-10(9)20-13/h3-5,11-12H,6-7H2,1-2H3/t11-,12+/m1/s1. The SMILES string of the molecule is COCC1(COC)Oc2ccc([N+](=O)[O-])cc2[C@H]2O[C@@H]21. The van der Waals surface area contributed by atoms with Crippen LogP contribution in [0.1, 0.15) is 11.7 Å². The second kappa shape index (κ2) is 4.69. The van der Waals surface area contributed by atoms with Crippen LogP contribution in [0, 0.1) is 10.1 Å². The van der Waals surface area contributed by atoms with Gasteiger partial charge in [-0.2, -0.15) is 0 Å². The monoisotopic (exact) mass is 281 g/mol. The Balaban J connectivity index is 1.96. The lowest BCUT2D eigenvalue weighted by atomic mass is 9.92. The molecule has 1 aromatic carbocycles. The van der Waals surface area contributed by atoms with Crippen LogP contribution in [0.25, 0.3) is 0 Å². The summed E-state index contributed by atoms with van der Waals surface area (Å²) in [6.45, 7) is 0.664. The van der Waals surface area contributed by atoms with Crippen molar-refractivity contribution in [1.29, 1.82) is 0 Å². The van der Waals surface area contributed by atoms with Crippen molar-refractivity contribution in [3.8, 4) is 5.75 Å². The van der Waals surface area contributed by atoms with E-state index < -0.39 is 10.5 Å². The maximum absolute atomic E-state index is 10.8. The number of nitrogens with zero attached hydrogens (tertiary/aromatic N) is 1. The zero-order valence-electron chi connectivity index (χ0n) is 11.2. The zero-order valence-corrected chi connectivity index (χ0v) is 11.2. The molecule has 0 amide bonds. The molecule has 0 radical (unpaired) electrons. The molecule has 0 saturated carbocycles. The molecule has 2 aliphatic heterocycles. The number of non-ortho nitro benzene ring substituents is 1. The van der Waals surface area contributed by atoms with E-state index in [-0.39, 0.29) is 17.9 Å². The maximum Gasteiger partial charge on any atom is 0.270 e. The first-order valence-electron chi connectivity index (χ1n) is 6.22. The van der Waals surface area contributed by atoms with Crippen molar-refractivity contribution in [3.63, 3.8) is 0 Å². The third kappa shape index (κ3) is 1.94. The largest absolute Gasteiger partial charge is 0.479 e. The number of benzene rings is 1. The summed E-state index contributed by atoms with van der Waals surface area (Å²) in [6.07, 6.45) is -0.388. The summed E-state index contributed by atoms with van der Waals surface area (Å²) in [4.78, 5) is 10.4. The van der Waals surface area contributed by atoms with Crippen LogP contribution in [-0.4, -0.2) is 44.1 Å². The topological polar surface area (TPSA) is 83.4 Å². The van der Waals surface area contributed by atoms with Crippen molar-refractivity contribution in [2.75, 3.05) is 27.4 Å². The first-order valence-corrected chi connectivity index (χ1v) is 6.22. The normalized spacial score (nSPS) is 25.3. The Morgan fingerprint density at radius 3 is 2.65 bits per heavy atom. The molecule has 2 heterocycles. The van der Waals surface area contributed by atoms with Crippen LogP contribution < -0.4 is 4.74 Å². The Bertz CT molecular complexity index is 540. The number of rotatable bonds is 5. The van der Waals surface area contributed by atoms with Crippen LogP contribution in [0.15, 0.2) is 18.2 Å². The molecule has 0 N–H and O–H groups in total. The molecule has 3 rings (SSSR count). The smallest absolute Gasteiger partial charge is 0.270 e. The minimum Gasteiger partial charge on any atom is -0.479 e. The van der Waals surface area contributed by atoms with Gasteiger partial charge >= 0.3 is 0 Å². The first-order chi connectivity index (χ1) is 9.61. The lowest BCUT2D eigenvalue weighted by molar-refractivity contribution is -0.385. The molecule has 1 saturated heterocycles. The van der Waals surface area contributed by atoms with E-state index in [1.165, 1.54) is 12.1 Å². The van der Waals surface area contributed by atoms with Gasteiger partial charge in [0.2, 0.25) is 0 Å². The summed E-state index contributed by atoms with van der Waals surface area (Å²) in [7, 11) is 3.17. The van der Waals surface area contributed by atoms with Gasteiger partial charge in [-0.1, -0.05) is 0 Å². The van der Waals surface area contributed by atoms with Crippen molar-refractivity contribution in [3.05, 3.63) is 33.9 Å². The molecule has 7 nitrogen and oxygen atoms in total. The zero-order chi connectivity index (χ0) is 14.3. The van der Waals surface area contributed by atoms with Crippen LogP contribution in [0.4, 0.5) is 5.69 Å². The van der Waals surface area contributed by atoms with E-state index in [1.54, 1.807) is 20.3 Å². The van der Waals surface area contributed by atoms with Gasteiger partial charge in [-0.05, 0) is 6.07 Å². The van der Waals surface area contributed by atoms with Gasteiger partial charge in [0, 0.05) is 31.9 Å². The van der Waals surface area contributed by atoms with Crippen molar-refractivity contribution in [2.45, 2.75) is 17.8 Å². The van der Waals surface area contributed by atoms with Crippen LogP contribution in [0.3, 0.4) is 0 Å². The van der Waals surface area contributed by atoms with Gasteiger partial charge in [0.1, 0.15) is 18.0 Å². The van der Waals surface area contributed by atoms with E-state index in [0.717, 1.165) is 0 Å². The molecule has 0 spiro atoms. The number of epoxide rings is 1. The van der Waals surface area contributed by atoms with Crippen molar-refractivity contribution < 1.29 is 23.9 Å². The summed E-state index contributed by atoms with van der Waals surface area (Å²) in [5.74, 6) is 0.587. The number of hydrogen-bond donors (Lipinski definition) is 0. The Morgan fingerprint density at radius 2 is 2.05 bits per heavy atom. The van der Waals surface area contributed by atoms with Crippen molar-refractivity contribution in [2.24, 2.45) is 0 Å². The van der Waals surface area contributed by atoms with Crippen LogP contribution in [-0.2, 0) is 14.2 Å². The van der Waals surface area contributed by atoms with Gasteiger partial charge < -0.3 is 18.9 Å². The average Bonchev–Trinajstić information content (AvgIpc) is 3.20. The summed E-state index contributed by atoms with van der Waals surface area (Å²) in [6, 6.07) is 4.53. The molecular weight excluding hydrogens is 266 g/mol. The minimum atomic E-state index is -0.697. The van der Waals surface area contributed by atoms with Gasteiger partial charge in [-0.25, -0.2) is 0 Å². The van der Waals surface area contributed by atoms with Gasteiger partial charge in [-0.3, -0.25) is 10.1 Å². The Hall–Kier alpha value is -1.70. The molecule has 2 aliphatic rings. The fraction of sp³-hybridized carbons (Fsp3) is 0.538. The number of nitro groups is 1. The predicted molar refractivity (Wildman–Crippen MR) is 67.8 cm³/mol. The van der Waals surface area contributed by atoms with Gasteiger partial charge in [-0.15, -0.1) is 0 Å². The molecule has 0 aromatic heterocycles. The van der Waals surface area contributed by atoms with Gasteiger partial charge in [0.25, 0.3) is 5.69 Å². The predicted octanol–water partition coefficient (Wildman–Crippen LogP) is 1.46. The highest BCUT2D eigenvalue weighted by molar-refractivity contribution is 5.49. The molecule has 20 heavy (non-hydrogen) atoms. The van der Waals surface area contributed by atoms with E-state index in [4.69, 9.17) is 18.9 Å². The quantitative estimate of drug-likeness (QED) is 0.461. The first kappa shape index (κ1) is 13.3. The molecular formula is C13H15NO6. The van der Waals surface area contributed by atoms with Crippen LogP contribution >= 0.6 is 0 Å². The van der Waals surface area contributed by atoms with E-state index in [1.807, 2.05) is 0 Å². The lowest BCUT2D eigenvalue weighted by Crippen LogP contribution is -2.52. The second-order valence-electron chi connectivity index (χ2n) is 4.99. The third-order valence-electron chi connectivity index (χ3n) is 3.61. The van der Waals surface area contributed by atoms with Crippen LogP contribution in [0.5, 0.6) is 5.75 Å². The number of fused-ring (bicyclic) bond motifs is 3. The summed E-state index contributed by atoms with van der Waals surface area (Å²) in [5.41, 5.74) is 0.0525. The summed E-state index contributed by atoms with van der Waals surface area (Å²) < 4.78 is 22.1. The van der Waals surface area contributed by atoms with Gasteiger partial charge in [0.15, 0.2) is 5.60 Å². The summed E-state index contributed by atoms with van der Waals surface area (Å²) >= 11 is 0. The van der Waals surface area contributed by atoms with Gasteiger partial charge in [0.05, 0.1) is 18.1 Å². The molecule has 0 unspecified atom stereocenters. The molecule has 108 valence electrons. The number of ether oxygens (including phenoxy) is 4. The molecule has 1 aromatic rings. The highest BCUT2D eigenvalue weighted by Crippen LogP contribution is 2.54. The molecule has 0 aliphatic carbocycles. The fourth-order valence-electron chi connectivity index (χ4n) is 2.74. The minimum absolute atomic E-state index is 0.0348. The molecule has 2 atom stereocenters. The van der Waals surface area contributed by atoms with Crippen LogP contribution in [0.2, 0.25) is 0 Å². The number of hydrogen-bond acceptors (Lipinski definition) is 6. The fourth-order valence-corrected chi connectivity index (χ4v) is 2.74. The Kier molecular flexibility index (Phi) is 3.12. The maximum atomic E-state index is 10.8. The summed E-state index contributed by atoms with van der Waals surface area (Å²) in [5, 5.41) is 10.8. The number of nitro benzene ring substituents is 1. The molecule has 0 bridgehead atoms. The Morgan fingerprint density at radius 1 is 1.35 bits per heavy atom. The highest BCUT2D eigenvalue weighted by Gasteiger charge is 2.61. The Labute approximate surface area is 115 Å². The van der Waals surface area contributed by atoms with Crippen molar-refractivity contribution >= 4 is 5.69 Å². The third-order valence-corrected chi connectivity index (χ3v) is 3.61. The van der Waals surface area contributed by atoms with E-state index in [9.17, 15) is 10.1 Å². The second-order valence-corrected chi connectivity index (χ2v) is 4.99. The molecule has 1 fully saturated rings. The van der Waals surface area contributed by atoms with E-state index >= 15 is 0 Å². The van der Waals surface area contributed by atoms with E-state index in [2.05, 4.69) is 0 Å². The number of methoxy groups -OCH3 is 2.